The van der Waals surface area contributed by atoms with Gasteiger partial charge < -0.3 is 14.8 Å². The molecule has 10 nitrogen and oxygen atoms in total. The molecule has 1 N–H and O–H groups in total. The lowest BCUT2D eigenvalue weighted by Crippen LogP contribution is -2.41. The molecule has 0 spiro atoms. The molecule has 0 fully saturated rings. The van der Waals surface area contributed by atoms with Crippen LogP contribution in [0.15, 0.2) is 71.6 Å². The summed E-state index contributed by atoms with van der Waals surface area (Å²) in [6, 6.07) is 17.4. The molecule has 37 heavy (non-hydrogen) atoms. The Balaban J connectivity index is 1.78. The number of nitro benzene ring substituents is 1. The summed E-state index contributed by atoms with van der Waals surface area (Å²) in [4.78, 5) is 23.3. The fraction of sp³-hybridized carbons (Fsp3) is 0.269. The van der Waals surface area contributed by atoms with E-state index in [9.17, 15) is 23.3 Å². The van der Waals surface area contributed by atoms with Crippen LogP contribution in [0.2, 0.25) is 0 Å². The number of methoxy groups -OCH3 is 2. The van der Waals surface area contributed by atoms with E-state index in [4.69, 9.17) is 9.47 Å². The number of rotatable bonds is 12. The highest BCUT2D eigenvalue weighted by Gasteiger charge is 2.29. The van der Waals surface area contributed by atoms with Gasteiger partial charge in [-0.25, -0.2) is 8.42 Å². The molecule has 0 radical (unpaired) electrons. The normalized spacial score (nSPS) is 11.0. The van der Waals surface area contributed by atoms with Crippen LogP contribution in [0.4, 0.5) is 11.4 Å². The highest BCUT2D eigenvalue weighted by Crippen LogP contribution is 2.29. The summed E-state index contributed by atoms with van der Waals surface area (Å²) in [7, 11) is -1.24. The van der Waals surface area contributed by atoms with Crippen LogP contribution in [0.5, 0.6) is 11.5 Å². The third-order valence-electron chi connectivity index (χ3n) is 5.71. The minimum absolute atomic E-state index is 0.218. The van der Waals surface area contributed by atoms with E-state index < -0.39 is 27.4 Å². The number of amides is 1. The largest absolute Gasteiger partial charge is 0.497 e. The Kier molecular flexibility index (Phi) is 9.07. The summed E-state index contributed by atoms with van der Waals surface area (Å²) < 4.78 is 38.4. The maximum atomic E-state index is 13.6. The molecular weight excluding hydrogens is 498 g/mol. The molecule has 0 aliphatic heterocycles. The van der Waals surface area contributed by atoms with E-state index in [2.05, 4.69) is 5.32 Å². The van der Waals surface area contributed by atoms with E-state index in [1.165, 1.54) is 38.3 Å². The quantitative estimate of drug-likeness (QED) is 0.215. The Morgan fingerprint density at radius 3 is 2.35 bits per heavy atom. The van der Waals surface area contributed by atoms with Crippen molar-refractivity contribution in [2.45, 2.75) is 24.7 Å². The lowest BCUT2D eigenvalue weighted by Gasteiger charge is -2.24. The highest BCUT2D eigenvalue weighted by molar-refractivity contribution is 7.92. The van der Waals surface area contributed by atoms with Crippen molar-refractivity contribution in [3.05, 3.63) is 88.0 Å². The summed E-state index contributed by atoms with van der Waals surface area (Å²) in [5.74, 6) is 0.749. The zero-order valence-corrected chi connectivity index (χ0v) is 21.7. The number of anilines is 1. The minimum Gasteiger partial charge on any atom is -0.497 e. The first-order valence-corrected chi connectivity index (χ1v) is 12.9. The third-order valence-corrected chi connectivity index (χ3v) is 7.48. The summed E-state index contributed by atoms with van der Waals surface area (Å²) in [6.45, 7) is 1.35. The monoisotopic (exact) mass is 527 g/mol. The van der Waals surface area contributed by atoms with Crippen LogP contribution in [0, 0.1) is 17.0 Å². The van der Waals surface area contributed by atoms with E-state index in [1.54, 1.807) is 19.2 Å². The van der Waals surface area contributed by atoms with Crippen LogP contribution in [0.3, 0.4) is 0 Å². The first kappa shape index (κ1) is 27.5. The number of nitrogens with one attached hydrogen (secondary N) is 1. The van der Waals surface area contributed by atoms with Gasteiger partial charge in [-0.1, -0.05) is 18.2 Å². The topological polar surface area (TPSA) is 128 Å². The fourth-order valence-corrected chi connectivity index (χ4v) is 5.11. The highest BCUT2D eigenvalue weighted by atomic mass is 32.2. The van der Waals surface area contributed by atoms with Gasteiger partial charge in [0.2, 0.25) is 5.91 Å². The Bertz CT molecular complexity index is 1360. The standard InChI is InChI=1S/C26H29N3O7S/c1-19-9-14-24(17-25(19)29(31)32)37(33,34)28(21-10-12-22(35-2)13-11-21)18-26(30)27-15-5-7-20-6-4-8-23(16-20)36-3/h4,6,8-14,16-17H,5,7,15,18H2,1-3H3,(H,27,30). The van der Waals surface area contributed by atoms with Gasteiger partial charge in [0, 0.05) is 18.2 Å². The summed E-state index contributed by atoms with van der Waals surface area (Å²) in [5.41, 5.74) is 1.28. The van der Waals surface area contributed by atoms with Crippen molar-refractivity contribution in [2.24, 2.45) is 0 Å². The molecular formula is C26H29N3O7S. The molecule has 3 rings (SSSR count). The van der Waals surface area contributed by atoms with Crippen molar-refractivity contribution < 1.29 is 27.6 Å². The van der Waals surface area contributed by atoms with Crippen molar-refractivity contribution in [3.8, 4) is 11.5 Å². The summed E-state index contributed by atoms with van der Waals surface area (Å²) >= 11 is 0. The van der Waals surface area contributed by atoms with Gasteiger partial charge in [0.15, 0.2) is 0 Å². The van der Waals surface area contributed by atoms with Gasteiger partial charge in [-0.2, -0.15) is 0 Å². The lowest BCUT2D eigenvalue weighted by atomic mass is 10.1. The van der Waals surface area contributed by atoms with Crippen LogP contribution < -0.4 is 19.1 Å². The zero-order valence-electron chi connectivity index (χ0n) is 20.8. The second-order valence-electron chi connectivity index (χ2n) is 8.22. The molecule has 0 atom stereocenters. The molecule has 0 unspecified atom stereocenters. The molecule has 11 heteroatoms. The number of sulfonamides is 1. The van der Waals surface area contributed by atoms with Crippen molar-refractivity contribution >= 4 is 27.3 Å². The lowest BCUT2D eigenvalue weighted by molar-refractivity contribution is -0.385. The van der Waals surface area contributed by atoms with E-state index in [0.29, 0.717) is 30.7 Å². The molecule has 0 bridgehead atoms. The third kappa shape index (κ3) is 6.98. The minimum atomic E-state index is -4.31. The summed E-state index contributed by atoms with van der Waals surface area (Å²) in [5, 5.41) is 14.1. The first-order valence-electron chi connectivity index (χ1n) is 11.5. The molecule has 0 aliphatic carbocycles. The van der Waals surface area contributed by atoms with E-state index in [0.717, 1.165) is 21.7 Å². The number of hydrogen-bond donors (Lipinski definition) is 1. The van der Waals surface area contributed by atoms with Crippen LogP contribution in [-0.2, 0) is 21.2 Å². The smallest absolute Gasteiger partial charge is 0.273 e. The van der Waals surface area contributed by atoms with Gasteiger partial charge in [0.25, 0.3) is 15.7 Å². The number of ether oxygens (including phenoxy) is 2. The number of benzene rings is 3. The number of carbonyl (C=O) groups excluding carboxylic acids is 1. The molecule has 3 aromatic carbocycles. The molecule has 0 saturated carbocycles. The van der Waals surface area contributed by atoms with Gasteiger partial charge in [-0.3, -0.25) is 19.2 Å². The predicted molar refractivity (Wildman–Crippen MR) is 140 cm³/mol. The van der Waals surface area contributed by atoms with Crippen molar-refractivity contribution in [3.63, 3.8) is 0 Å². The molecule has 0 saturated heterocycles. The fourth-order valence-electron chi connectivity index (χ4n) is 3.67. The van der Waals surface area contributed by atoms with Crippen LogP contribution >= 0.6 is 0 Å². The molecule has 0 heterocycles. The van der Waals surface area contributed by atoms with E-state index >= 15 is 0 Å². The van der Waals surface area contributed by atoms with Crippen molar-refractivity contribution in [2.75, 3.05) is 31.6 Å². The molecule has 196 valence electrons. The molecule has 1 amide bonds. The SMILES string of the molecule is COc1ccc(N(CC(=O)NCCCc2cccc(OC)c2)S(=O)(=O)c2ccc(C)c([N+](=O)[O-])c2)cc1. The predicted octanol–water partition coefficient (Wildman–Crippen LogP) is 3.86. The average molecular weight is 528 g/mol. The second-order valence-corrected chi connectivity index (χ2v) is 10.1. The molecule has 0 aliphatic rings. The number of nitro groups is 1. The zero-order chi connectivity index (χ0) is 27.0. The van der Waals surface area contributed by atoms with Gasteiger partial charge >= 0.3 is 0 Å². The Hall–Kier alpha value is -4.12. The van der Waals surface area contributed by atoms with Gasteiger partial charge in [-0.15, -0.1) is 0 Å². The Morgan fingerprint density at radius 1 is 1.00 bits per heavy atom. The van der Waals surface area contributed by atoms with Gasteiger partial charge in [-0.05, 0) is 67.8 Å². The van der Waals surface area contributed by atoms with Crippen LogP contribution in [0.1, 0.15) is 17.5 Å². The average Bonchev–Trinajstić information content (AvgIpc) is 2.90. The van der Waals surface area contributed by atoms with Crippen molar-refractivity contribution in [1.82, 2.24) is 5.32 Å². The number of hydrogen-bond acceptors (Lipinski definition) is 7. The Morgan fingerprint density at radius 2 is 1.70 bits per heavy atom. The Labute approximate surface area is 216 Å². The maximum absolute atomic E-state index is 13.6. The number of carbonyl (C=O) groups is 1. The van der Waals surface area contributed by atoms with Crippen LogP contribution in [-0.4, -0.2) is 46.6 Å². The summed E-state index contributed by atoms with van der Waals surface area (Å²) in [6.07, 6.45) is 1.34. The van der Waals surface area contributed by atoms with Crippen molar-refractivity contribution in [1.29, 1.82) is 0 Å². The molecule has 0 aromatic heterocycles. The van der Waals surface area contributed by atoms with Gasteiger partial charge in [0.1, 0.15) is 18.0 Å². The number of nitrogens with zero attached hydrogens (tertiary/aromatic N) is 2. The molecule has 3 aromatic rings. The number of aryl methyl sites for hydroxylation is 2. The van der Waals surface area contributed by atoms with E-state index in [1.807, 2.05) is 24.3 Å². The maximum Gasteiger partial charge on any atom is 0.273 e. The van der Waals surface area contributed by atoms with E-state index in [-0.39, 0.29) is 16.3 Å². The first-order chi connectivity index (χ1) is 17.6. The van der Waals surface area contributed by atoms with Crippen LogP contribution in [0.25, 0.3) is 0 Å². The second kappa shape index (κ2) is 12.2. The van der Waals surface area contributed by atoms with Gasteiger partial charge in [0.05, 0.1) is 29.7 Å².